The van der Waals surface area contributed by atoms with E-state index in [4.69, 9.17) is 14.2 Å². The number of halogens is 1. The molecule has 0 aliphatic carbocycles. The first-order valence-corrected chi connectivity index (χ1v) is 10.8. The number of carbonyl (C=O) groups is 3. The fourth-order valence-electron chi connectivity index (χ4n) is 3.14. The molecule has 174 valence electrons. The predicted molar refractivity (Wildman–Crippen MR) is 126 cm³/mol. The molecule has 0 radical (unpaired) electrons. The van der Waals surface area contributed by atoms with Gasteiger partial charge in [0.2, 0.25) is 5.91 Å². The molecule has 9 nitrogen and oxygen atoms in total. The molecule has 3 rings (SSSR count). The molecule has 33 heavy (non-hydrogen) atoms. The van der Waals surface area contributed by atoms with Gasteiger partial charge in [0, 0.05) is 0 Å². The van der Waals surface area contributed by atoms with Gasteiger partial charge in [-0.3, -0.25) is 9.59 Å². The zero-order valence-corrected chi connectivity index (χ0v) is 20.2. The standard InChI is InChI=1S/C23H24BrN3O6/c1-13(2)33-21-15(24)9-14(11-19(21)32-4)10-17-22(29)27(23(30)26-17)12-20(28)25-16-7-5-6-8-18(16)31-3/h5-11,13H,12H2,1-4H3,(H,25,28)(H,26,30)/b17-10+. The normalized spacial score (nSPS) is 14.5. The molecular weight excluding hydrogens is 494 g/mol. The zero-order chi connectivity index (χ0) is 24.1. The number of benzene rings is 2. The van der Waals surface area contributed by atoms with Crippen molar-refractivity contribution in [2.24, 2.45) is 0 Å². The van der Waals surface area contributed by atoms with Crippen molar-refractivity contribution in [2.45, 2.75) is 20.0 Å². The van der Waals surface area contributed by atoms with E-state index >= 15 is 0 Å². The monoisotopic (exact) mass is 517 g/mol. The van der Waals surface area contributed by atoms with Crippen LogP contribution in [0, 0.1) is 0 Å². The molecule has 2 aromatic carbocycles. The molecule has 1 fully saturated rings. The van der Waals surface area contributed by atoms with Gasteiger partial charge in [0.15, 0.2) is 11.5 Å². The van der Waals surface area contributed by atoms with Crippen molar-refractivity contribution in [3.63, 3.8) is 0 Å². The average Bonchev–Trinajstić information content (AvgIpc) is 3.02. The van der Waals surface area contributed by atoms with E-state index in [0.29, 0.717) is 33.0 Å². The van der Waals surface area contributed by atoms with Crippen molar-refractivity contribution >= 4 is 45.5 Å². The Morgan fingerprint density at radius 3 is 2.52 bits per heavy atom. The summed E-state index contributed by atoms with van der Waals surface area (Å²) in [5.74, 6) is 0.311. The third kappa shape index (κ3) is 5.64. The van der Waals surface area contributed by atoms with E-state index in [0.717, 1.165) is 4.90 Å². The number of hydrogen-bond acceptors (Lipinski definition) is 6. The summed E-state index contributed by atoms with van der Waals surface area (Å²) in [6.45, 7) is 3.34. The van der Waals surface area contributed by atoms with Crippen molar-refractivity contribution in [1.29, 1.82) is 0 Å². The fraction of sp³-hybridized carbons (Fsp3) is 0.261. The lowest BCUT2D eigenvalue weighted by Crippen LogP contribution is -2.38. The van der Waals surface area contributed by atoms with Crippen LogP contribution in [0.2, 0.25) is 0 Å². The van der Waals surface area contributed by atoms with Crippen molar-refractivity contribution in [1.82, 2.24) is 10.2 Å². The van der Waals surface area contributed by atoms with Gasteiger partial charge in [-0.05, 0) is 65.7 Å². The Kier molecular flexibility index (Phi) is 7.59. The van der Waals surface area contributed by atoms with E-state index in [2.05, 4.69) is 26.6 Å². The molecule has 1 aliphatic heterocycles. The highest BCUT2D eigenvalue weighted by molar-refractivity contribution is 9.10. The maximum atomic E-state index is 12.8. The van der Waals surface area contributed by atoms with Crippen molar-refractivity contribution in [2.75, 3.05) is 26.1 Å². The molecular formula is C23H24BrN3O6. The van der Waals surface area contributed by atoms with Gasteiger partial charge in [-0.2, -0.15) is 0 Å². The number of rotatable bonds is 8. The first-order chi connectivity index (χ1) is 15.7. The molecule has 0 bridgehead atoms. The molecule has 0 spiro atoms. The summed E-state index contributed by atoms with van der Waals surface area (Å²) in [6, 6.07) is 9.58. The van der Waals surface area contributed by atoms with Crippen LogP contribution in [0.5, 0.6) is 17.2 Å². The Labute approximate surface area is 199 Å². The Balaban J connectivity index is 1.77. The third-order valence-electron chi connectivity index (χ3n) is 4.56. The second-order valence-corrected chi connectivity index (χ2v) is 8.18. The van der Waals surface area contributed by atoms with Crippen LogP contribution in [-0.4, -0.2) is 49.6 Å². The molecule has 10 heteroatoms. The zero-order valence-electron chi connectivity index (χ0n) is 18.6. The number of hydrogen-bond donors (Lipinski definition) is 2. The number of para-hydroxylation sites is 2. The summed E-state index contributed by atoms with van der Waals surface area (Å²) in [4.78, 5) is 38.4. The number of anilines is 1. The van der Waals surface area contributed by atoms with Gasteiger partial charge in [-0.1, -0.05) is 12.1 Å². The Bertz CT molecular complexity index is 1120. The van der Waals surface area contributed by atoms with E-state index in [9.17, 15) is 14.4 Å². The average molecular weight is 518 g/mol. The van der Waals surface area contributed by atoms with Gasteiger partial charge in [0.1, 0.15) is 18.0 Å². The first kappa shape index (κ1) is 24.1. The quantitative estimate of drug-likeness (QED) is 0.407. The highest BCUT2D eigenvalue weighted by Crippen LogP contribution is 2.38. The summed E-state index contributed by atoms with van der Waals surface area (Å²) >= 11 is 3.45. The molecule has 0 aromatic heterocycles. The SMILES string of the molecule is COc1ccccc1NC(=O)CN1C(=O)N/C(=C/c2cc(Br)c(OC(C)C)c(OC)c2)C1=O. The highest BCUT2D eigenvalue weighted by atomic mass is 79.9. The van der Waals surface area contributed by atoms with Gasteiger partial charge in [0.25, 0.3) is 5.91 Å². The van der Waals surface area contributed by atoms with E-state index in [1.807, 2.05) is 13.8 Å². The van der Waals surface area contributed by atoms with Crippen LogP contribution in [0.1, 0.15) is 19.4 Å². The molecule has 1 heterocycles. The largest absolute Gasteiger partial charge is 0.495 e. The summed E-state index contributed by atoms with van der Waals surface area (Å²) in [5.41, 5.74) is 1.07. The van der Waals surface area contributed by atoms with Gasteiger partial charge < -0.3 is 24.8 Å². The second-order valence-electron chi connectivity index (χ2n) is 7.33. The predicted octanol–water partition coefficient (Wildman–Crippen LogP) is 3.78. The molecule has 4 amide bonds. The lowest BCUT2D eigenvalue weighted by atomic mass is 10.1. The molecule has 0 atom stereocenters. The van der Waals surface area contributed by atoms with Crippen LogP contribution < -0.4 is 24.8 Å². The van der Waals surface area contributed by atoms with Gasteiger partial charge in [0.05, 0.1) is 30.5 Å². The number of nitrogens with one attached hydrogen (secondary N) is 2. The van der Waals surface area contributed by atoms with Gasteiger partial charge >= 0.3 is 6.03 Å². The van der Waals surface area contributed by atoms with Crippen LogP contribution in [0.15, 0.2) is 46.6 Å². The van der Waals surface area contributed by atoms with Crippen LogP contribution in [0.3, 0.4) is 0 Å². The van der Waals surface area contributed by atoms with Crippen LogP contribution in [0.25, 0.3) is 6.08 Å². The lowest BCUT2D eigenvalue weighted by Gasteiger charge is -2.16. The maximum absolute atomic E-state index is 12.8. The minimum absolute atomic E-state index is 0.0385. The molecule has 2 aromatic rings. The van der Waals surface area contributed by atoms with Crippen LogP contribution in [-0.2, 0) is 9.59 Å². The van der Waals surface area contributed by atoms with E-state index < -0.39 is 24.4 Å². The van der Waals surface area contributed by atoms with Gasteiger partial charge in [-0.25, -0.2) is 9.69 Å². The van der Waals surface area contributed by atoms with Crippen molar-refractivity contribution < 1.29 is 28.6 Å². The number of urea groups is 1. The smallest absolute Gasteiger partial charge is 0.329 e. The second kappa shape index (κ2) is 10.4. The number of carbonyl (C=O) groups excluding carboxylic acids is 3. The number of amides is 4. The minimum Gasteiger partial charge on any atom is -0.495 e. The summed E-state index contributed by atoms with van der Waals surface area (Å²) in [5, 5.41) is 5.15. The Morgan fingerprint density at radius 2 is 1.85 bits per heavy atom. The van der Waals surface area contributed by atoms with E-state index in [1.54, 1.807) is 36.4 Å². The maximum Gasteiger partial charge on any atom is 0.329 e. The van der Waals surface area contributed by atoms with Crippen LogP contribution in [0.4, 0.5) is 10.5 Å². The Hall–Kier alpha value is -3.53. The number of ether oxygens (including phenoxy) is 3. The van der Waals surface area contributed by atoms with Crippen LogP contribution >= 0.6 is 15.9 Å². The summed E-state index contributed by atoms with van der Waals surface area (Å²) in [7, 11) is 2.99. The third-order valence-corrected chi connectivity index (χ3v) is 5.15. The van der Waals surface area contributed by atoms with E-state index in [-0.39, 0.29) is 11.8 Å². The number of methoxy groups -OCH3 is 2. The summed E-state index contributed by atoms with van der Waals surface area (Å²) in [6.07, 6.45) is 1.44. The summed E-state index contributed by atoms with van der Waals surface area (Å²) < 4.78 is 17.0. The first-order valence-electron chi connectivity index (χ1n) is 10.0. The molecule has 0 saturated carbocycles. The molecule has 1 saturated heterocycles. The molecule has 1 aliphatic rings. The van der Waals surface area contributed by atoms with Crippen molar-refractivity contribution in [3.8, 4) is 17.2 Å². The molecule has 0 unspecified atom stereocenters. The minimum atomic E-state index is -0.688. The highest BCUT2D eigenvalue weighted by Gasteiger charge is 2.35. The fourth-order valence-corrected chi connectivity index (χ4v) is 3.69. The van der Waals surface area contributed by atoms with Crippen molar-refractivity contribution in [3.05, 3.63) is 52.1 Å². The molecule has 2 N–H and O–H groups in total. The Morgan fingerprint density at radius 1 is 1.15 bits per heavy atom. The number of imide groups is 1. The lowest BCUT2D eigenvalue weighted by molar-refractivity contribution is -0.127. The topological polar surface area (TPSA) is 106 Å². The number of nitrogens with zero attached hydrogens (tertiary/aromatic N) is 1. The van der Waals surface area contributed by atoms with E-state index in [1.165, 1.54) is 20.3 Å². The van der Waals surface area contributed by atoms with Gasteiger partial charge in [-0.15, -0.1) is 0 Å².